The number of carbonyl (C=O) groups excluding carboxylic acids is 2. The van der Waals surface area contributed by atoms with Crippen molar-refractivity contribution in [2.24, 2.45) is 5.92 Å². The molecule has 1 aliphatic rings. The molecule has 0 saturated carbocycles. The van der Waals surface area contributed by atoms with Crippen LogP contribution in [0.4, 0.5) is 5.69 Å². The smallest absolute Gasteiger partial charge is 0.276 e. The molecule has 0 spiro atoms. The molecule has 6 nitrogen and oxygen atoms in total. The molecule has 0 unspecified atom stereocenters. The first kappa shape index (κ1) is 19.9. The molecular weight excluding hydrogens is 378 g/mol. The Kier molecular flexibility index (Phi) is 5.65. The first-order valence-electron chi connectivity index (χ1n) is 10.2. The van der Waals surface area contributed by atoms with Crippen molar-refractivity contribution in [2.75, 3.05) is 18.4 Å². The first-order chi connectivity index (χ1) is 14.5. The molecule has 0 bridgehead atoms. The largest absolute Gasteiger partial charge is 0.448 e. The predicted molar refractivity (Wildman–Crippen MR) is 115 cm³/mol. The molecule has 2 heterocycles. The highest BCUT2D eigenvalue weighted by Crippen LogP contribution is 2.25. The monoisotopic (exact) mass is 403 g/mol. The zero-order chi connectivity index (χ0) is 21.1. The van der Waals surface area contributed by atoms with Gasteiger partial charge in [0.05, 0.1) is 5.92 Å². The van der Waals surface area contributed by atoms with Crippen molar-refractivity contribution in [3.8, 4) is 11.1 Å². The van der Waals surface area contributed by atoms with E-state index in [-0.39, 0.29) is 17.7 Å². The van der Waals surface area contributed by atoms with E-state index in [1.807, 2.05) is 30.3 Å². The number of aryl methyl sites for hydroxylation is 2. The maximum Gasteiger partial charge on any atom is 0.276 e. The summed E-state index contributed by atoms with van der Waals surface area (Å²) >= 11 is 0. The maximum atomic E-state index is 12.9. The van der Waals surface area contributed by atoms with Crippen molar-refractivity contribution in [1.29, 1.82) is 0 Å². The lowest BCUT2D eigenvalue weighted by molar-refractivity contribution is -0.121. The van der Waals surface area contributed by atoms with Crippen molar-refractivity contribution >= 4 is 17.5 Å². The molecule has 1 atom stereocenters. The van der Waals surface area contributed by atoms with E-state index in [9.17, 15) is 9.59 Å². The second kappa shape index (κ2) is 8.53. The lowest BCUT2D eigenvalue weighted by atomic mass is 9.96. The standard InChI is InChI=1S/C24H25N3O3/c1-16-6-3-7-18(12-16)19-8-4-10-21(13-19)26-23(28)20-9-5-11-27(14-20)24(29)22-17(2)30-15-25-22/h3-4,6-8,10,12-13,15,20H,5,9,11,14H2,1-2H3,(H,26,28)/t20-/m1/s1. The van der Waals surface area contributed by atoms with Crippen molar-refractivity contribution < 1.29 is 14.0 Å². The molecule has 2 aromatic carbocycles. The molecular formula is C24H25N3O3. The Hall–Kier alpha value is -3.41. The van der Waals surface area contributed by atoms with E-state index < -0.39 is 0 Å². The number of hydrogen-bond donors (Lipinski definition) is 1. The Morgan fingerprint density at radius 3 is 2.60 bits per heavy atom. The van der Waals surface area contributed by atoms with Crippen LogP contribution in [0.5, 0.6) is 0 Å². The van der Waals surface area contributed by atoms with E-state index in [1.54, 1.807) is 11.8 Å². The van der Waals surface area contributed by atoms with Gasteiger partial charge in [-0.1, -0.05) is 42.0 Å². The topological polar surface area (TPSA) is 75.4 Å². The summed E-state index contributed by atoms with van der Waals surface area (Å²) in [6, 6.07) is 16.1. The summed E-state index contributed by atoms with van der Waals surface area (Å²) in [4.78, 5) is 31.3. The van der Waals surface area contributed by atoms with Crippen LogP contribution in [0.25, 0.3) is 11.1 Å². The maximum absolute atomic E-state index is 12.9. The van der Waals surface area contributed by atoms with Crippen LogP contribution in [-0.2, 0) is 4.79 Å². The van der Waals surface area contributed by atoms with Crippen LogP contribution in [0.1, 0.15) is 34.7 Å². The van der Waals surface area contributed by atoms with E-state index in [1.165, 1.54) is 12.0 Å². The van der Waals surface area contributed by atoms with Crippen molar-refractivity contribution in [2.45, 2.75) is 26.7 Å². The number of benzene rings is 2. The molecule has 1 fully saturated rings. The molecule has 1 N–H and O–H groups in total. The third-order valence-corrected chi connectivity index (χ3v) is 5.51. The van der Waals surface area contributed by atoms with Gasteiger partial charge in [-0.15, -0.1) is 0 Å². The normalized spacial score (nSPS) is 16.3. The van der Waals surface area contributed by atoms with Gasteiger partial charge in [-0.05, 0) is 49.9 Å². The number of oxazole rings is 1. The summed E-state index contributed by atoms with van der Waals surface area (Å²) < 4.78 is 5.15. The number of nitrogens with one attached hydrogen (secondary N) is 1. The van der Waals surface area contributed by atoms with Gasteiger partial charge >= 0.3 is 0 Å². The van der Waals surface area contributed by atoms with Gasteiger partial charge in [0.2, 0.25) is 5.91 Å². The van der Waals surface area contributed by atoms with Crippen LogP contribution >= 0.6 is 0 Å². The molecule has 30 heavy (non-hydrogen) atoms. The van der Waals surface area contributed by atoms with E-state index >= 15 is 0 Å². The van der Waals surface area contributed by atoms with Gasteiger partial charge in [0.15, 0.2) is 12.1 Å². The minimum atomic E-state index is -0.252. The van der Waals surface area contributed by atoms with E-state index in [0.29, 0.717) is 24.5 Å². The van der Waals surface area contributed by atoms with Crippen LogP contribution < -0.4 is 5.32 Å². The molecule has 154 valence electrons. The number of likely N-dealkylation sites (tertiary alicyclic amines) is 1. The average Bonchev–Trinajstić information content (AvgIpc) is 3.19. The lowest BCUT2D eigenvalue weighted by Crippen LogP contribution is -2.44. The molecule has 4 rings (SSSR count). The third-order valence-electron chi connectivity index (χ3n) is 5.51. The Bertz CT molecular complexity index is 1070. The van der Waals surface area contributed by atoms with Gasteiger partial charge in [0.1, 0.15) is 5.76 Å². The fourth-order valence-electron chi connectivity index (χ4n) is 3.88. The lowest BCUT2D eigenvalue weighted by Gasteiger charge is -2.31. The number of piperidine rings is 1. The van der Waals surface area contributed by atoms with Gasteiger partial charge in [-0.2, -0.15) is 0 Å². The van der Waals surface area contributed by atoms with E-state index in [4.69, 9.17) is 4.42 Å². The van der Waals surface area contributed by atoms with Gasteiger partial charge in [0, 0.05) is 18.8 Å². The summed E-state index contributed by atoms with van der Waals surface area (Å²) in [5, 5.41) is 3.03. The highest BCUT2D eigenvalue weighted by Gasteiger charge is 2.30. The minimum absolute atomic E-state index is 0.0641. The van der Waals surface area contributed by atoms with E-state index in [0.717, 1.165) is 29.7 Å². The third kappa shape index (κ3) is 4.27. The molecule has 0 radical (unpaired) electrons. The number of hydrogen-bond acceptors (Lipinski definition) is 4. The Labute approximate surface area is 175 Å². The van der Waals surface area contributed by atoms with Crippen molar-refractivity contribution in [3.05, 3.63) is 71.9 Å². The zero-order valence-corrected chi connectivity index (χ0v) is 17.2. The minimum Gasteiger partial charge on any atom is -0.448 e. The number of aromatic nitrogens is 1. The SMILES string of the molecule is Cc1cccc(-c2cccc(NC(=O)[C@@H]3CCCN(C(=O)c4ncoc4C)C3)c2)c1. The summed E-state index contributed by atoms with van der Waals surface area (Å²) in [6.07, 6.45) is 2.81. The van der Waals surface area contributed by atoms with Gasteiger partial charge in [-0.25, -0.2) is 4.98 Å². The quantitative estimate of drug-likeness (QED) is 0.698. The molecule has 2 amide bonds. The van der Waals surface area contributed by atoms with Crippen LogP contribution in [0, 0.1) is 19.8 Å². The number of nitrogens with zero attached hydrogens (tertiary/aromatic N) is 2. The van der Waals surface area contributed by atoms with Gasteiger partial charge < -0.3 is 14.6 Å². The fraction of sp³-hybridized carbons (Fsp3) is 0.292. The fourth-order valence-corrected chi connectivity index (χ4v) is 3.88. The zero-order valence-electron chi connectivity index (χ0n) is 17.2. The first-order valence-corrected chi connectivity index (χ1v) is 10.2. The molecule has 0 aliphatic carbocycles. The predicted octanol–water partition coefficient (Wildman–Crippen LogP) is 4.45. The Balaban J connectivity index is 1.44. The summed E-state index contributed by atoms with van der Waals surface area (Å²) in [7, 11) is 0. The van der Waals surface area contributed by atoms with Crippen LogP contribution in [0.15, 0.2) is 59.3 Å². The summed E-state index contributed by atoms with van der Waals surface area (Å²) in [5.74, 6) is 0.00281. The Morgan fingerprint density at radius 1 is 1.10 bits per heavy atom. The second-order valence-corrected chi connectivity index (χ2v) is 7.79. The van der Waals surface area contributed by atoms with E-state index in [2.05, 4.69) is 35.4 Å². The summed E-state index contributed by atoms with van der Waals surface area (Å²) in [5.41, 5.74) is 4.44. The van der Waals surface area contributed by atoms with Crippen molar-refractivity contribution in [3.63, 3.8) is 0 Å². The van der Waals surface area contributed by atoms with Gasteiger partial charge in [-0.3, -0.25) is 9.59 Å². The molecule has 6 heteroatoms. The molecule has 1 aliphatic heterocycles. The van der Waals surface area contributed by atoms with Crippen molar-refractivity contribution in [1.82, 2.24) is 9.88 Å². The Morgan fingerprint density at radius 2 is 1.87 bits per heavy atom. The highest BCUT2D eigenvalue weighted by molar-refractivity contribution is 5.96. The van der Waals surface area contributed by atoms with Gasteiger partial charge in [0.25, 0.3) is 5.91 Å². The number of carbonyl (C=O) groups is 2. The van der Waals surface area contributed by atoms with Crippen LogP contribution in [0.2, 0.25) is 0 Å². The number of anilines is 1. The molecule has 1 saturated heterocycles. The number of amides is 2. The van der Waals surface area contributed by atoms with Crippen LogP contribution in [-0.4, -0.2) is 34.8 Å². The second-order valence-electron chi connectivity index (χ2n) is 7.79. The number of rotatable bonds is 4. The van der Waals surface area contributed by atoms with Crippen LogP contribution in [0.3, 0.4) is 0 Å². The average molecular weight is 403 g/mol. The molecule has 1 aromatic heterocycles. The summed E-state index contributed by atoms with van der Waals surface area (Å²) in [6.45, 7) is 4.79. The highest BCUT2D eigenvalue weighted by atomic mass is 16.3. The molecule has 3 aromatic rings.